The number of fused-ring (bicyclic) bond motifs is 2. The van der Waals surface area contributed by atoms with E-state index in [9.17, 15) is 20.7 Å². The molecule has 0 aliphatic rings. The van der Waals surface area contributed by atoms with E-state index < -0.39 is 0 Å². The first-order valence-corrected chi connectivity index (χ1v) is 6.82. The number of hydrogen-bond acceptors (Lipinski definition) is 5. The summed E-state index contributed by atoms with van der Waals surface area (Å²) < 4.78 is 1.68. The minimum Gasteiger partial charge on any atom is -0.624 e. The molecule has 3 aromatic rings. The molecule has 0 aliphatic heterocycles. The van der Waals surface area contributed by atoms with E-state index in [1.165, 1.54) is 42.6 Å². The molecule has 0 aliphatic carbocycles. The number of aliphatic hydroxyl groups excluding tert-OH is 1. The number of aromatic hydroxyl groups is 1. The van der Waals surface area contributed by atoms with Crippen molar-refractivity contribution in [2.75, 3.05) is 13.2 Å². The molecule has 0 unspecified atom stereocenters. The Balaban J connectivity index is 2.27. The first-order chi connectivity index (χ1) is 11.0. The van der Waals surface area contributed by atoms with Gasteiger partial charge < -0.3 is 25.8 Å². The molecule has 23 heavy (non-hydrogen) atoms. The van der Waals surface area contributed by atoms with Crippen molar-refractivity contribution in [3.63, 3.8) is 0 Å². The maximum atomic E-state index is 12.5. The lowest BCUT2D eigenvalue weighted by molar-refractivity contribution is -0.591. The Morgan fingerprint density at radius 3 is 2.22 bits per heavy atom. The van der Waals surface area contributed by atoms with E-state index in [1.54, 1.807) is 0 Å². The maximum Gasteiger partial charge on any atom is 0.294 e. The van der Waals surface area contributed by atoms with Gasteiger partial charge in [-0.2, -0.15) is 9.46 Å². The van der Waals surface area contributed by atoms with Crippen LogP contribution >= 0.6 is 0 Å². The van der Waals surface area contributed by atoms with Gasteiger partial charge in [0.2, 0.25) is 0 Å². The van der Waals surface area contributed by atoms with Crippen molar-refractivity contribution in [3.8, 4) is 5.75 Å². The monoisotopic (exact) mass is 315 g/mol. The second kappa shape index (κ2) is 5.58. The molecule has 0 atom stereocenters. The van der Waals surface area contributed by atoms with Crippen LogP contribution in [0.25, 0.3) is 22.1 Å². The average Bonchev–Trinajstić information content (AvgIpc) is 2.52. The lowest BCUT2D eigenvalue weighted by Crippen LogP contribution is -2.39. The molecule has 0 spiro atoms. The number of phenolic OH excluding ortho intramolecular Hbond substituents is 1. The summed E-state index contributed by atoms with van der Waals surface area (Å²) in [5.41, 5.74) is 0.814. The van der Waals surface area contributed by atoms with Crippen LogP contribution in [0.4, 0.5) is 0 Å². The van der Waals surface area contributed by atoms with Crippen LogP contribution < -0.4 is 9.46 Å². The van der Waals surface area contributed by atoms with Crippen LogP contribution in [0.3, 0.4) is 0 Å². The van der Waals surface area contributed by atoms with Gasteiger partial charge in [0.05, 0.1) is 6.07 Å². The highest BCUT2D eigenvalue weighted by Crippen LogP contribution is 2.17. The highest BCUT2D eigenvalue weighted by molar-refractivity contribution is 5.84. The highest BCUT2D eigenvalue weighted by Gasteiger charge is 2.22. The zero-order valence-corrected chi connectivity index (χ0v) is 11.9. The van der Waals surface area contributed by atoms with Gasteiger partial charge in [0, 0.05) is 23.8 Å². The van der Waals surface area contributed by atoms with Gasteiger partial charge in [-0.25, -0.2) is 4.74 Å². The van der Waals surface area contributed by atoms with E-state index in [0.717, 1.165) is 0 Å². The minimum absolute atomic E-state index is 0.0509. The molecule has 1 heterocycles. The van der Waals surface area contributed by atoms with Crippen LogP contribution in [-0.4, -0.2) is 34.3 Å². The SMILES string of the molecule is [O-][N+](=Cc1ccc2c(c1)[n+]([O-])c1ccc(O)cc1[n+]2[O-])CCO. The number of hydrogen-bond donors (Lipinski definition) is 2. The maximum absolute atomic E-state index is 12.5. The van der Waals surface area contributed by atoms with Gasteiger partial charge in [-0.05, 0) is 12.1 Å². The van der Waals surface area contributed by atoms with Gasteiger partial charge in [-0.15, -0.1) is 0 Å². The second-order valence-corrected chi connectivity index (χ2v) is 5.00. The first kappa shape index (κ1) is 14.8. The van der Waals surface area contributed by atoms with Gasteiger partial charge in [-0.1, -0.05) is 0 Å². The minimum atomic E-state index is -0.288. The Morgan fingerprint density at radius 2 is 1.57 bits per heavy atom. The summed E-state index contributed by atoms with van der Waals surface area (Å²) in [6.07, 6.45) is 1.23. The first-order valence-electron chi connectivity index (χ1n) is 6.82. The Morgan fingerprint density at radius 1 is 0.957 bits per heavy atom. The molecule has 0 bridgehead atoms. The molecule has 0 fully saturated rings. The lowest BCUT2D eigenvalue weighted by Gasteiger charge is -2.08. The normalized spacial score (nSPS) is 12.1. The fourth-order valence-electron chi connectivity index (χ4n) is 2.39. The van der Waals surface area contributed by atoms with Gasteiger partial charge >= 0.3 is 0 Å². The second-order valence-electron chi connectivity index (χ2n) is 5.00. The lowest BCUT2D eigenvalue weighted by atomic mass is 10.2. The van der Waals surface area contributed by atoms with E-state index in [2.05, 4.69) is 0 Å². The fraction of sp³-hybridized carbons (Fsp3) is 0.133. The van der Waals surface area contributed by atoms with Crippen LogP contribution in [0.15, 0.2) is 36.4 Å². The van der Waals surface area contributed by atoms with E-state index >= 15 is 0 Å². The zero-order valence-electron chi connectivity index (χ0n) is 11.9. The molecule has 0 saturated carbocycles. The molecule has 8 nitrogen and oxygen atoms in total. The third-order valence-corrected chi connectivity index (χ3v) is 3.45. The Kier molecular flexibility index (Phi) is 3.59. The molecule has 2 aromatic carbocycles. The predicted molar refractivity (Wildman–Crippen MR) is 81.8 cm³/mol. The van der Waals surface area contributed by atoms with Crippen LogP contribution in [-0.2, 0) is 0 Å². The van der Waals surface area contributed by atoms with Crippen LogP contribution in [0.5, 0.6) is 5.75 Å². The summed E-state index contributed by atoms with van der Waals surface area (Å²) in [6, 6.07) is 8.27. The van der Waals surface area contributed by atoms with E-state index in [0.29, 0.717) is 19.8 Å². The summed E-state index contributed by atoms with van der Waals surface area (Å²) in [4.78, 5) is 0. The summed E-state index contributed by atoms with van der Waals surface area (Å²) in [7, 11) is 0. The van der Waals surface area contributed by atoms with Crippen molar-refractivity contribution in [1.82, 2.24) is 0 Å². The Labute approximate surface area is 130 Å². The van der Waals surface area contributed by atoms with Crippen molar-refractivity contribution in [2.24, 2.45) is 0 Å². The standard InChI is InChI=1S/C15H13N3O5/c19-6-5-16(21)9-10-1-3-12-14(7-10)17(22)13-4-2-11(20)8-15(13)18(12)23/h1-4,7-9,19-20H,5-6H2. The van der Waals surface area contributed by atoms with Crippen LogP contribution in [0, 0.1) is 15.6 Å². The predicted octanol–water partition coefficient (Wildman–Crippen LogP) is -0.113. The highest BCUT2D eigenvalue weighted by atomic mass is 16.5. The molecule has 2 N–H and O–H groups in total. The fourth-order valence-corrected chi connectivity index (χ4v) is 2.39. The number of phenols is 1. The topological polar surface area (TPSA) is 120 Å². The van der Waals surface area contributed by atoms with Gasteiger partial charge in [0.25, 0.3) is 22.1 Å². The summed E-state index contributed by atoms with van der Waals surface area (Å²) in [5, 5.41) is 54.5. The van der Waals surface area contributed by atoms with Gasteiger partial charge in [0.1, 0.15) is 12.4 Å². The molecule has 0 saturated heterocycles. The van der Waals surface area contributed by atoms with Crippen molar-refractivity contribution in [1.29, 1.82) is 0 Å². The summed E-state index contributed by atoms with van der Waals surface area (Å²) >= 11 is 0. The molecular weight excluding hydrogens is 302 g/mol. The summed E-state index contributed by atoms with van der Waals surface area (Å²) in [6.45, 7) is -0.377. The van der Waals surface area contributed by atoms with Crippen molar-refractivity contribution >= 4 is 28.3 Å². The molecule has 8 heteroatoms. The van der Waals surface area contributed by atoms with Gasteiger partial charge in [-0.3, -0.25) is 0 Å². The van der Waals surface area contributed by atoms with E-state index in [4.69, 9.17) is 5.11 Å². The number of nitrogens with zero attached hydrogens (tertiary/aromatic N) is 3. The zero-order chi connectivity index (χ0) is 16.6. The average molecular weight is 315 g/mol. The van der Waals surface area contributed by atoms with Crippen molar-refractivity contribution in [3.05, 3.63) is 57.6 Å². The third kappa shape index (κ3) is 2.55. The van der Waals surface area contributed by atoms with Crippen molar-refractivity contribution < 1.29 is 24.4 Å². The largest absolute Gasteiger partial charge is 0.624 e. The van der Waals surface area contributed by atoms with Crippen LogP contribution in [0.1, 0.15) is 5.56 Å². The number of benzene rings is 2. The molecular formula is C15H13N3O5. The number of rotatable bonds is 3. The molecule has 1 aromatic heterocycles. The molecule has 3 rings (SSSR count). The Hall–Kier alpha value is -3.13. The smallest absolute Gasteiger partial charge is 0.294 e. The third-order valence-electron chi connectivity index (χ3n) is 3.45. The molecule has 118 valence electrons. The van der Waals surface area contributed by atoms with Crippen LogP contribution in [0.2, 0.25) is 0 Å². The Bertz CT molecular complexity index is 939. The van der Waals surface area contributed by atoms with Gasteiger partial charge in [0.15, 0.2) is 12.8 Å². The number of hydroxylamine groups is 1. The quantitative estimate of drug-likeness (QED) is 0.230. The van der Waals surface area contributed by atoms with E-state index in [-0.39, 0.29) is 41.0 Å². The summed E-state index contributed by atoms with van der Waals surface area (Å²) in [5.74, 6) is -0.114. The molecule has 0 amide bonds. The number of aromatic nitrogens is 2. The molecule has 0 radical (unpaired) electrons. The number of aliphatic hydroxyl groups is 1. The van der Waals surface area contributed by atoms with Crippen molar-refractivity contribution in [2.45, 2.75) is 0 Å². The van der Waals surface area contributed by atoms with E-state index in [1.807, 2.05) is 0 Å².